The van der Waals surface area contributed by atoms with Crippen LogP contribution in [-0.4, -0.2) is 63.7 Å². The van der Waals surface area contributed by atoms with Gasteiger partial charge in [0.1, 0.15) is 11.1 Å². The van der Waals surface area contributed by atoms with Crippen LogP contribution in [0.3, 0.4) is 0 Å². The number of aromatic nitrogens is 2. The highest BCUT2D eigenvalue weighted by atomic mass is 16.7. The molecule has 9 nitrogen and oxygen atoms in total. The van der Waals surface area contributed by atoms with E-state index < -0.39 is 41.5 Å². The van der Waals surface area contributed by atoms with Gasteiger partial charge in [0.2, 0.25) is 5.91 Å². The summed E-state index contributed by atoms with van der Waals surface area (Å²) in [7, 11) is -0.612. The first-order chi connectivity index (χ1) is 25.2. The van der Waals surface area contributed by atoms with Crippen molar-refractivity contribution in [3.63, 3.8) is 0 Å². The summed E-state index contributed by atoms with van der Waals surface area (Å²) in [4.78, 5) is 28.9. The zero-order chi connectivity index (χ0) is 37.6. The number of rotatable bonds is 7. The molecule has 2 aliphatic rings. The van der Waals surface area contributed by atoms with Crippen LogP contribution in [0.25, 0.3) is 10.9 Å². The number of hydrogen-bond donors (Lipinski definition) is 1. The average molecular weight is 713 g/mol. The standard InChI is InChI=1S/C43H49BN4O5/c1-40(2,3)51-39(50)47-27-17-18-30(29-47)38(49)45-37-35-28-34(44-52-41(4,5)42(6,7)53-44)25-26-36(35)48(46-37)43(31-19-11-8-12-20-31,32-21-13-9-14-22-32)33-23-15-10-16-24-33/h8-16,19-26,28,30H,17-18,27,29H2,1-7H3,(H,45,46,49)/t30-/m1/s1. The highest BCUT2D eigenvalue weighted by Gasteiger charge is 2.52. The molecule has 1 N–H and O–H groups in total. The van der Waals surface area contributed by atoms with Crippen LogP contribution < -0.4 is 10.8 Å². The number of nitrogens with zero attached hydrogens (tertiary/aromatic N) is 3. The number of carbonyl (C=O) groups is 2. The molecule has 53 heavy (non-hydrogen) atoms. The third-order valence-corrected chi connectivity index (χ3v) is 10.8. The first kappa shape index (κ1) is 36.4. The Kier molecular flexibility index (Phi) is 9.49. The van der Waals surface area contributed by atoms with Gasteiger partial charge in [0.25, 0.3) is 0 Å². The monoisotopic (exact) mass is 712 g/mol. The maximum Gasteiger partial charge on any atom is 0.494 e. The SMILES string of the molecule is CC(C)(C)OC(=O)N1CCC[C@@H](C(=O)Nc2nn(C(c3ccccc3)(c3ccccc3)c3ccccc3)c3ccc(B4OC(C)(C)C(C)(C)O4)cc23)C1. The number of piperidine rings is 1. The number of anilines is 1. The Morgan fingerprint density at radius 3 is 1.85 bits per heavy atom. The van der Waals surface area contributed by atoms with Crippen molar-refractivity contribution in [3.8, 4) is 0 Å². The van der Waals surface area contributed by atoms with Crippen LogP contribution in [0, 0.1) is 5.92 Å². The van der Waals surface area contributed by atoms with Gasteiger partial charge in [-0.15, -0.1) is 0 Å². The Hall–Kier alpha value is -4.93. The van der Waals surface area contributed by atoms with Gasteiger partial charge >= 0.3 is 13.2 Å². The lowest BCUT2D eigenvalue weighted by molar-refractivity contribution is -0.121. The minimum atomic E-state index is -0.921. The molecule has 7 rings (SSSR count). The summed E-state index contributed by atoms with van der Waals surface area (Å²) < 4.78 is 20.7. The van der Waals surface area contributed by atoms with Crippen LogP contribution in [0.2, 0.25) is 0 Å². The minimum Gasteiger partial charge on any atom is -0.444 e. The predicted octanol–water partition coefficient (Wildman–Crippen LogP) is 7.76. The molecule has 2 aliphatic heterocycles. The lowest BCUT2D eigenvalue weighted by atomic mass is 9.76. The number of amides is 2. The van der Waals surface area contributed by atoms with Crippen LogP contribution in [-0.2, 0) is 24.4 Å². The number of ether oxygens (including phenoxy) is 1. The summed E-state index contributed by atoms with van der Waals surface area (Å²) in [6, 6.07) is 37.1. The molecule has 274 valence electrons. The Balaban J connectivity index is 1.39. The molecule has 1 atom stereocenters. The molecule has 1 aromatic heterocycles. The second-order valence-electron chi connectivity index (χ2n) is 16.2. The lowest BCUT2D eigenvalue weighted by Gasteiger charge is -2.37. The quantitative estimate of drug-likeness (QED) is 0.137. The number of benzene rings is 4. The van der Waals surface area contributed by atoms with Crippen molar-refractivity contribution in [1.82, 2.24) is 14.7 Å². The highest BCUT2D eigenvalue weighted by molar-refractivity contribution is 6.62. The van der Waals surface area contributed by atoms with Crippen LogP contribution in [0.15, 0.2) is 109 Å². The second-order valence-corrected chi connectivity index (χ2v) is 16.2. The van der Waals surface area contributed by atoms with E-state index in [1.165, 1.54) is 0 Å². The van der Waals surface area contributed by atoms with Crippen LogP contribution in [0.1, 0.15) is 78.0 Å². The van der Waals surface area contributed by atoms with Gasteiger partial charge in [0, 0.05) is 18.5 Å². The van der Waals surface area contributed by atoms with E-state index in [-0.39, 0.29) is 12.5 Å². The number of carbonyl (C=O) groups excluding carboxylic acids is 2. The largest absolute Gasteiger partial charge is 0.494 e. The molecule has 10 heteroatoms. The van der Waals surface area contributed by atoms with Crippen LogP contribution in [0.5, 0.6) is 0 Å². The third kappa shape index (κ3) is 6.86. The van der Waals surface area contributed by atoms with Gasteiger partial charge in [-0.05, 0) is 95.6 Å². The maximum absolute atomic E-state index is 14.3. The van der Waals surface area contributed by atoms with Gasteiger partial charge in [0.15, 0.2) is 5.82 Å². The molecule has 3 heterocycles. The molecule has 4 aromatic carbocycles. The summed E-state index contributed by atoms with van der Waals surface area (Å²) in [6.45, 7) is 14.5. The minimum absolute atomic E-state index is 0.199. The van der Waals surface area contributed by atoms with Gasteiger partial charge < -0.3 is 24.3 Å². The molecule has 2 amide bonds. The van der Waals surface area contributed by atoms with E-state index >= 15 is 0 Å². The molecule has 0 radical (unpaired) electrons. The number of nitrogens with one attached hydrogen (secondary N) is 1. The summed E-state index contributed by atoms with van der Waals surface area (Å²) in [5.74, 6) is -0.217. The summed E-state index contributed by atoms with van der Waals surface area (Å²) >= 11 is 0. The molecule has 0 aliphatic carbocycles. The average Bonchev–Trinajstić information content (AvgIpc) is 3.60. The molecular weight excluding hydrogens is 663 g/mol. The summed E-state index contributed by atoms with van der Waals surface area (Å²) in [6.07, 6.45) is 0.929. The van der Waals surface area contributed by atoms with Crippen molar-refractivity contribution in [1.29, 1.82) is 0 Å². The number of hydrogen-bond acceptors (Lipinski definition) is 6. The van der Waals surface area contributed by atoms with E-state index in [0.717, 1.165) is 33.1 Å². The first-order valence-electron chi connectivity index (χ1n) is 18.5. The molecule has 5 aromatic rings. The van der Waals surface area contributed by atoms with E-state index in [2.05, 4.69) is 41.7 Å². The van der Waals surface area contributed by atoms with Crippen molar-refractivity contribution in [2.45, 2.75) is 83.6 Å². The zero-order valence-corrected chi connectivity index (χ0v) is 31.8. The zero-order valence-electron chi connectivity index (χ0n) is 31.8. The Morgan fingerprint density at radius 1 is 0.811 bits per heavy atom. The molecule has 0 bridgehead atoms. The van der Waals surface area contributed by atoms with Crippen molar-refractivity contribution in [2.24, 2.45) is 5.92 Å². The first-order valence-corrected chi connectivity index (χ1v) is 18.5. The Labute approximate surface area is 312 Å². The molecule has 0 saturated carbocycles. The fourth-order valence-corrected chi connectivity index (χ4v) is 7.42. The normalized spacial score (nSPS) is 18.6. The number of likely N-dealkylation sites (tertiary alicyclic amines) is 1. The second kappa shape index (κ2) is 13.8. The number of fused-ring (bicyclic) bond motifs is 1. The van der Waals surface area contributed by atoms with Crippen LogP contribution >= 0.6 is 0 Å². The topological polar surface area (TPSA) is 94.9 Å². The summed E-state index contributed by atoms with van der Waals surface area (Å²) in [5.41, 5.74) is 2.06. The fraction of sp³-hybridized carbons (Fsp3) is 0.372. The van der Waals surface area contributed by atoms with Crippen molar-refractivity contribution >= 4 is 41.3 Å². The molecule has 0 spiro atoms. The molecule has 0 unspecified atom stereocenters. The Morgan fingerprint density at radius 2 is 1.34 bits per heavy atom. The van der Waals surface area contributed by atoms with Crippen molar-refractivity contribution in [3.05, 3.63) is 126 Å². The smallest absolute Gasteiger partial charge is 0.444 e. The highest BCUT2D eigenvalue weighted by Crippen LogP contribution is 2.44. The molecular formula is C43H49BN4O5. The van der Waals surface area contributed by atoms with E-state index in [4.69, 9.17) is 19.1 Å². The molecule has 2 saturated heterocycles. The van der Waals surface area contributed by atoms with Gasteiger partial charge in [0.05, 0.1) is 22.6 Å². The van der Waals surface area contributed by atoms with Gasteiger partial charge in [-0.3, -0.25) is 4.79 Å². The predicted molar refractivity (Wildman–Crippen MR) is 209 cm³/mol. The van der Waals surface area contributed by atoms with Gasteiger partial charge in [-0.1, -0.05) is 97.1 Å². The van der Waals surface area contributed by atoms with Crippen molar-refractivity contribution < 1.29 is 23.6 Å². The molecule has 2 fully saturated rings. The van der Waals surface area contributed by atoms with Crippen molar-refractivity contribution in [2.75, 3.05) is 18.4 Å². The van der Waals surface area contributed by atoms with Gasteiger partial charge in [-0.2, -0.15) is 5.10 Å². The maximum atomic E-state index is 14.3. The van der Waals surface area contributed by atoms with E-state index in [1.54, 1.807) is 4.90 Å². The van der Waals surface area contributed by atoms with E-state index in [1.807, 2.05) is 126 Å². The lowest BCUT2D eigenvalue weighted by Crippen LogP contribution is -2.45. The van der Waals surface area contributed by atoms with Gasteiger partial charge in [-0.25, -0.2) is 9.48 Å². The Bertz CT molecular complexity index is 1980. The third-order valence-electron chi connectivity index (χ3n) is 10.8. The van der Waals surface area contributed by atoms with E-state index in [9.17, 15) is 9.59 Å². The fourth-order valence-electron chi connectivity index (χ4n) is 7.42. The summed E-state index contributed by atoms with van der Waals surface area (Å²) in [5, 5.41) is 9.33. The van der Waals surface area contributed by atoms with E-state index in [0.29, 0.717) is 25.2 Å². The van der Waals surface area contributed by atoms with Crippen LogP contribution in [0.4, 0.5) is 10.6 Å².